The number of hydrogen-bond donors (Lipinski definition) is 0. The van der Waals surface area contributed by atoms with Crippen LogP contribution in [0.5, 0.6) is 0 Å². The largest absolute Gasteiger partial charge is 0.299 e. The number of hydrogen-bond acceptors (Lipinski definition) is 3. The van der Waals surface area contributed by atoms with Crippen LogP contribution in [-0.2, 0) is 10.0 Å². The van der Waals surface area contributed by atoms with Crippen molar-refractivity contribution in [1.82, 2.24) is 9.21 Å². The standard InChI is InChI=1S/C11H22N2O2S/c1-2-16(14,15)13-9-5-6-11(10-13)12-7-3-4-8-12/h11H,2-10H2,1H3. The van der Waals surface area contributed by atoms with Crippen molar-refractivity contribution in [1.29, 1.82) is 0 Å². The Balaban J connectivity index is 1.98. The lowest BCUT2D eigenvalue weighted by Crippen LogP contribution is -2.49. The highest BCUT2D eigenvalue weighted by atomic mass is 32.2. The summed E-state index contributed by atoms with van der Waals surface area (Å²) < 4.78 is 25.3. The van der Waals surface area contributed by atoms with Gasteiger partial charge in [0.2, 0.25) is 10.0 Å². The summed E-state index contributed by atoms with van der Waals surface area (Å²) in [5, 5.41) is 0. The Kier molecular flexibility index (Phi) is 3.87. The molecule has 1 unspecified atom stereocenters. The van der Waals surface area contributed by atoms with E-state index in [4.69, 9.17) is 0 Å². The van der Waals surface area contributed by atoms with Gasteiger partial charge in [-0.1, -0.05) is 0 Å². The van der Waals surface area contributed by atoms with Gasteiger partial charge in [-0.05, 0) is 45.7 Å². The Bertz CT molecular complexity index is 323. The first-order valence-corrected chi connectivity index (χ1v) is 7.96. The van der Waals surface area contributed by atoms with E-state index in [1.165, 1.54) is 12.8 Å². The molecule has 0 spiro atoms. The highest BCUT2D eigenvalue weighted by Crippen LogP contribution is 2.22. The molecule has 2 heterocycles. The molecule has 94 valence electrons. The summed E-state index contributed by atoms with van der Waals surface area (Å²) in [6.45, 7) is 5.49. The zero-order valence-corrected chi connectivity index (χ0v) is 10.9. The molecule has 5 heteroatoms. The van der Waals surface area contributed by atoms with Crippen molar-refractivity contribution in [3.05, 3.63) is 0 Å². The fourth-order valence-corrected chi connectivity index (χ4v) is 3.93. The second kappa shape index (κ2) is 5.02. The lowest BCUT2D eigenvalue weighted by molar-refractivity contribution is 0.162. The molecule has 0 aromatic carbocycles. The first kappa shape index (κ1) is 12.3. The molecule has 0 saturated carbocycles. The van der Waals surface area contributed by atoms with Crippen LogP contribution >= 0.6 is 0 Å². The van der Waals surface area contributed by atoms with Crippen LogP contribution < -0.4 is 0 Å². The van der Waals surface area contributed by atoms with Crippen molar-refractivity contribution in [2.24, 2.45) is 0 Å². The van der Waals surface area contributed by atoms with Crippen LogP contribution in [0.4, 0.5) is 0 Å². The van der Waals surface area contributed by atoms with Crippen LogP contribution in [0.2, 0.25) is 0 Å². The minimum Gasteiger partial charge on any atom is -0.299 e. The summed E-state index contributed by atoms with van der Waals surface area (Å²) in [5.74, 6) is 0.236. The van der Waals surface area contributed by atoms with Crippen LogP contribution in [0.3, 0.4) is 0 Å². The summed E-state index contributed by atoms with van der Waals surface area (Å²) in [6, 6.07) is 0.470. The fraction of sp³-hybridized carbons (Fsp3) is 1.00. The normalized spacial score (nSPS) is 29.7. The van der Waals surface area contributed by atoms with Crippen molar-refractivity contribution in [3.8, 4) is 0 Å². The monoisotopic (exact) mass is 246 g/mol. The van der Waals surface area contributed by atoms with E-state index in [0.717, 1.165) is 39.0 Å². The van der Waals surface area contributed by atoms with E-state index in [9.17, 15) is 8.42 Å². The van der Waals surface area contributed by atoms with Crippen molar-refractivity contribution in [2.75, 3.05) is 31.9 Å². The summed E-state index contributed by atoms with van der Waals surface area (Å²) in [5.41, 5.74) is 0. The van der Waals surface area contributed by atoms with E-state index in [2.05, 4.69) is 4.90 Å². The van der Waals surface area contributed by atoms with Gasteiger partial charge in [0.05, 0.1) is 5.75 Å². The topological polar surface area (TPSA) is 40.6 Å². The van der Waals surface area contributed by atoms with E-state index < -0.39 is 10.0 Å². The Morgan fingerprint density at radius 1 is 1.12 bits per heavy atom. The summed E-state index contributed by atoms with van der Waals surface area (Å²) >= 11 is 0. The van der Waals surface area contributed by atoms with Gasteiger partial charge in [0.1, 0.15) is 0 Å². The molecule has 16 heavy (non-hydrogen) atoms. The van der Waals surface area contributed by atoms with Crippen LogP contribution in [0, 0.1) is 0 Å². The summed E-state index contributed by atoms with van der Waals surface area (Å²) in [6.07, 6.45) is 4.73. The molecule has 1 atom stereocenters. The molecule has 0 aromatic heterocycles. The highest BCUT2D eigenvalue weighted by molar-refractivity contribution is 7.89. The minimum absolute atomic E-state index is 0.236. The zero-order chi connectivity index (χ0) is 11.6. The molecule has 2 fully saturated rings. The zero-order valence-electron chi connectivity index (χ0n) is 10.1. The Labute approximate surface area is 98.7 Å². The van der Waals surface area contributed by atoms with Crippen molar-refractivity contribution >= 4 is 10.0 Å². The molecule has 0 N–H and O–H groups in total. The van der Waals surface area contributed by atoms with Crippen LogP contribution in [0.25, 0.3) is 0 Å². The van der Waals surface area contributed by atoms with Crippen molar-refractivity contribution < 1.29 is 8.42 Å². The lowest BCUT2D eigenvalue weighted by atomic mass is 10.1. The summed E-state index contributed by atoms with van der Waals surface area (Å²) in [4.78, 5) is 2.47. The third-order valence-corrected chi connectivity index (χ3v) is 5.62. The van der Waals surface area contributed by atoms with Gasteiger partial charge < -0.3 is 0 Å². The lowest BCUT2D eigenvalue weighted by Gasteiger charge is -2.36. The van der Waals surface area contributed by atoms with Gasteiger partial charge in [-0.25, -0.2) is 12.7 Å². The minimum atomic E-state index is -2.98. The average Bonchev–Trinajstić information content (AvgIpc) is 2.83. The van der Waals surface area contributed by atoms with Gasteiger partial charge in [0.25, 0.3) is 0 Å². The first-order valence-electron chi connectivity index (χ1n) is 6.35. The molecule has 2 saturated heterocycles. The van der Waals surface area contributed by atoms with Gasteiger partial charge >= 0.3 is 0 Å². The number of likely N-dealkylation sites (tertiary alicyclic amines) is 1. The maximum absolute atomic E-state index is 11.8. The van der Waals surface area contributed by atoms with E-state index in [1.807, 2.05) is 0 Å². The molecule has 0 amide bonds. The predicted octanol–water partition coefficient (Wildman–Crippen LogP) is 0.896. The maximum atomic E-state index is 11.8. The van der Waals surface area contributed by atoms with Crippen LogP contribution in [-0.4, -0.2) is 55.6 Å². The van der Waals surface area contributed by atoms with Gasteiger partial charge in [0.15, 0.2) is 0 Å². The smallest absolute Gasteiger partial charge is 0.213 e. The number of rotatable bonds is 3. The van der Waals surface area contributed by atoms with Crippen LogP contribution in [0.15, 0.2) is 0 Å². The van der Waals surface area contributed by atoms with E-state index in [0.29, 0.717) is 6.04 Å². The van der Waals surface area contributed by atoms with Crippen LogP contribution in [0.1, 0.15) is 32.6 Å². The Morgan fingerprint density at radius 3 is 2.44 bits per heavy atom. The van der Waals surface area contributed by atoms with Gasteiger partial charge in [-0.3, -0.25) is 4.90 Å². The fourth-order valence-electron chi connectivity index (χ4n) is 2.76. The van der Waals surface area contributed by atoms with E-state index in [-0.39, 0.29) is 5.75 Å². The Morgan fingerprint density at radius 2 is 1.81 bits per heavy atom. The number of nitrogens with zero attached hydrogens (tertiary/aromatic N) is 2. The molecule has 2 aliphatic heterocycles. The quantitative estimate of drug-likeness (QED) is 0.743. The molecule has 0 aromatic rings. The highest BCUT2D eigenvalue weighted by Gasteiger charge is 2.31. The molecule has 2 rings (SSSR count). The van der Waals surface area contributed by atoms with Gasteiger partial charge in [0, 0.05) is 19.1 Å². The first-order chi connectivity index (χ1) is 7.63. The number of sulfonamides is 1. The third-order valence-electron chi connectivity index (χ3n) is 3.77. The Hall–Kier alpha value is -0.130. The predicted molar refractivity (Wildman–Crippen MR) is 64.9 cm³/mol. The second-order valence-electron chi connectivity index (χ2n) is 4.80. The molecule has 0 aliphatic carbocycles. The molecule has 0 bridgehead atoms. The molecular formula is C11H22N2O2S. The second-order valence-corrected chi connectivity index (χ2v) is 7.06. The molecule has 4 nitrogen and oxygen atoms in total. The molecule has 2 aliphatic rings. The molecule has 0 radical (unpaired) electrons. The average molecular weight is 246 g/mol. The summed E-state index contributed by atoms with van der Waals surface area (Å²) in [7, 11) is -2.98. The number of piperidine rings is 1. The SMILES string of the molecule is CCS(=O)(=O)N1CCCC(N2CCCC2)C1. The van der Waals surface area contributed by atoms with E-state index in [1.54, 1.807) is 11.2 Å². The third kappa shape index (κ3) is 2.57. The maximum Gasteiger partial charge on any atom is 0.213 e. The van der Waals surface area contributed by atoms with Gasteiger partial charge in [-0.2, -0.15) is 0 Å². The molecular weight excluding hydrogens is 224 g/mol. The van der Waals surface area contributed by atoms with Crippen molar-refractivity contribution in [2.45, 2.75) is 38.6 Å². The van der Waals surface area contributed by atoms with E-state index >= 15 is 0 Å². The van der Waals surface area contributed by atoms with Gasteiger partial charge in [-0.15, -0.1) is 0 Å². The van der Waals surface area contributed by atoms with Crippen molar-refractivity contribution in [3.63, 3.8) is 0 Å².